The number of carbonyl (C=O) groups is 2. The highest BCUT2D eigenvalue weighted by atomic mass is 16.5. The van der Waals surface area contributed by atoms with E-state index in [0.717, 1.165) is 52.2 Å². The molecule has 1 N–H and O–H groups in total. The summed E-state index contributed by atoms with van der Waals surface area (Å²) in [7, 11) is 0. The van der Waals surface area contributed by atoms with Crippen LogP contribution in [0.5, 0.6) is 0 Å². The van der Waals surface area contributed by atoms with Crippen molar-refractivity contribution in [2.75, 3.05) is 52.5 Å². The van der Waals surface area contributed by atoms with Crippen molar-refractivity contribution in [1.29, 1.82) is 0 Å². The molecule has 0 unspecified atom stereocenters. The standard InChI is InChI=1S/C21H31N3O3/c25-20-9-8-19(21(26)22-10-12-23-13-15-27-16-14-23)17-24(20)11-4-7-18-5-2-1-3-6-18/h1-3,5-6,19H,4,7-17H2,(H,22,26)/t19-/m1/s1. The van der Waals surface area contributed by atoms with Gasteiger partial charge >= 0.3 is 0 Å². The molecule has 0 saturated carbocycles. The molecule has 0 aromatic heterocycles. The van der Waals surface area contributed by atoms with Crippen molar-refractivity contribution in [3.05, 3.63) is 35.9 Å². The predicted molar refractivity (Wildman–Crippen MR) is 104 cm³/mol. The number of likely N-dealkylation sites (tertiary alicyclic amines) is 1. The van der Waals surface area contributed by atoms with Crippen LogP contribution in [-0.2, 0) is 20.7 Å². The molecule has 27 heavy (non-hydrogen) atoms. The number of nitrogens with one attached hydrogen (secondary N) is 1. The van der Waals surface area contributed by atoms with Gasteiger partial charge < -0.3 is 15.0 Å². The third-order valence-corrected chi connectivity index (χ3v) is 5.44. The number of rotatable bonds is 8. The zero-order chi connectivity index (χ0) is 18.9. The monoisotopic (exact) mass is 373 g/mol. The van der Waals surface area contributed by atoms with Gasteiger partial charge in [0.05, 0.1) is 19.1 Å². The smallest absolute Gasteiger partial charge is 0.224 e. The van der Waals surface area contributed by atoms with Gasteiger partial charge in [-0.3, -0.25) is 14.5 Å². The Morgan fingerprint density at radius 3 is 2.70 bits per heavy atom. The average molecular weight is 373 g/mol. The van der Waals surface area contributed by atoms with E-state index in [1.54, 1.807) is 0 Å². The van der Waals surface area contributed by atoms with Gasteiger partial charge in [-0.1, -0.05) is 30.3 Å². The summed E-state index contributed by atoms with van der Waals surface area (Å²) in [5.74, 6) is 0.188. The van der Waals surface area contributed by atoms with Gasteiger partial charge in [-0.05, 0) is 24.8 Å². The van der Waals surface area contributed by atoms with E-state index in [1.165, 1.54) is 5.56 Å². The third kappa shape index (κ3) is 6.33. The molecule has 2 saturated heterocycles. The van der Waals surface area contributed by atoms with Crippen LogP contribution in [0, 0.1) is 5.92 Å². The third-order valence-electron chi connectivity index (χ3n) is 5.44. The largest absolute Gasteiger partial charge is 0.379 e. The Balaban J connectivity index is 1.37. The number of ether oxygens (including phenoxy) is 1. The van der Waals surface area contributed by atoms with Gasteiger partial charge in [-0.25, -0.2) is 0 Å². The topological polar surface area (TPSA) is 61.9 Å². The summed E-state index contributed by atoms with van der Waals surface area (Å²) in [6.07, 6.45) is 3.03. The Morgan fingerprint density at radius 1 is 1.15 bits per heavy atom. The van der Waals surface area contributed by atoms with Crippen molar-refractivity contribution in [2.45, 2.75) is 25.7 Å². The number of benzene rings is 1. The lowest BCUT2D eigenvalue weighted by molar-refractivity contribution is -0.138. The number of aryl methyl sites for hydroxylation is 1. The van der Waals surface area contributed by atoms with E-state index in [9.17, 15) is 9.59 Å². The number of hydrogen-bond donors (Lipinski definition) is 1. The summed E-state index contributed by atoms with van der Waals surface area (Å²) < 4.78 is 5.34. The van der Waals surface area contributed by atoms with E-state index in [1.807, 2.05) is 23.1 Å². The molecule has 1 aromatic rings. The van der Waals surface area contributed by atoms with Gasteiger partial charge in [0.2, 0.25) is 11.8 Å². The Bertz CT molecular complexity index is 602. The molecule has 6 heteroatoms. The van der Waals surface area contributed by atoms with Gasteiger partial charge in [0.15, 0.2) is 0 Å². The Kier molecular flexibility index (Phi) is 7.66. The van der Waals surface area contributed by atoms with E-state index < -0.39 is 0 Å². The minimum absolute atomic E-state index is 0.0795. The quantitative estimate of drug-likeness (QED) is 0.746. The summed E-state index contributed by atoms with van der Waals surface area (Å²) in [6, 6.07) is 10.3. The first-order valence-corrected chi connectivity index (χ1v) is 10.1. The maximum absolute atomic E-state index is 12.5. The fourth-order valence-corrected chi connectivity index (χ4v) is 3.77. The van der Waals surface area contributed by atoms with Crippen LogP contribution >= 0.6 is 0 Å². The molecular formula is C21H31N3O3. The lowest BCUT2D eigenvalue weighted by atomic mass is 9.96. The van der Waals surface area contributed by atoms with Gasteiger partial charge in [0.1, 0.15) is 0 Å². The first-order valence-electron chi connectivity index (χ1n) is 10.1. The Labute approximate surface area is 161 Å². The van der Waals surface area contributed by atoms with Crippen LogP contribution in [0.1, 0.15) is 24.8 Å². The van der Waals surface area contributed by atoms with Gasteiger partial charge in [0, 0.05) is 45.7 Å². The second kappa shape index (κ2) is 10.4. The highest BCUT2D eigenvalue weighted by Crippen LogP contribution is 2.18. The fraction of sp³-hybridized carbons (Fsp3) is 0.619. The first kappa shape index (κ1) is 19.8. The van der Waals surface area contributed by atoms with Crippen LogP contribution in [0.4, 0.5) is 0 Å². The van der Waals surface area contributed by atoms with Crippen molar-refractivity contribution < 1.29 is 14.3 Å². The molecule has 148 valence electrons. The highest BCUT2D eigenvalue weighted by molar-refractivity contribution is 5.83. The zero-order valence-electron chi connectivity index (χ0n) is 16.1. The number of morpholine rings is 1. The number of nitrogens with zero attached hydrogens (tertiary/aromatic N) is 2. The van der Waals surface area contributed by atoms with Crippen molar-refractivity contribution >= 4 is 11.8 Å². The van der Waals surface area contributed by atoms with Crippen molar-refractivity contribution in [2.24, 2.45) is 5.92 Å². The minimum Gasteiger partial charge on any atom is -0.379 e. The van der Waals surface area contributed by atoms with E-state index in [-0.39, 0.29) is 17.7 Å². The van der Waals surface area contributed by atoms with Crippen LogP contribution in [-0.4, -0.2) is 74.1 Å². The normalized spacial score (nSPS) is 21.3. The molecule has 2 fully saturated rings. The van der Waals surface area contributed by atoms with E-state index in [0.29, 0.717) is 25.9 Å². The van der Waals surface area contributed by atoms with Crippen molar-refractivity contribution in [3.8, 4) is 0 Å². The molecule has 2 aliphatic rings. The number of amides is 2. The number of piperidine rings is 1. The molecule has 1 aromatic carbocycles. The maximum Gasteiger partial charge on any atom is 0.224 e. The first-order chi connectivity index (χ1) is 13.2. The Hall–Kier alpha value is -1.92. The lowest BCUT2D eigenvalue weighted by Gasteiger charge is -2.32. The van der Waals surface area contributed by atoms with Gasteiger partial charge in [0.25, 0.3) is 0 Å². The molecule has 0 aliphatic carbocycles. The molecule has 1 atom stereocenters. The molecule has 2 heterocycles. The van der Waals surface area contributed by atoms with E-state index >= 15 is 0 Å². The second-order valence-corrected chi connectivity index (χ2v) is 7.41. The summed E-state index contributed by atoms with van der Waals surface area (Å²) in [6.45, 7) is 6.22. The summed E-state index contributed by atoms with van der Waals surface area (Å²) in [5.41, 5.74) is 1.29. The lowest BCUT2D eigenvalue weighted by Crippen LogP contribution is -2.47. The molecule has 3 rings (SSSR count). The van der Waals surface area contributed by atoms with Crippen LogP contribution in [0.2, 0.25) is 0 Å². The van der Waals surface area contributed by atoms with Crippen molar-refractivity contribution in [3.63, 3.8) is 0 Å². The molecule has 6 nitrogen and oxygen atoms in total. The number of carbonyl (C=O) groups excluding carboxylic acids is 2. The minimum atomic E-state index is -0.0795. The SMILES string of the molecule is O=C(NCCN1CCOCC1)[C@@H]1CCC(=O)N(CCCc2ccccc2)C1. The second-order valence-electron chi connectivity index (χ2n) is 7.41. The molecular weight excluding hydrogens is 342 g/mol. The van der Waals surface area contributed by atoms with Crippen LogP contribution in [0.15, 0.2) is 30.3 Å². The molecule has 0 radical (unpaired) electrons. The van der Waals surface area contributed by atoms with Crippen LogP contribution in [0.25, 0.3) is 0 Å². The van der Waals surface area contributed by atoms with E-state index in [2.05, 4.69) is 22.3 Å². The van der Waals surface area contributed by atoms with E-state index in [4.69, 9.17) is 4.74 Å². The summed E-state index contributed by atoms with van der Waals surface area (Å²) >= 11 is 0. The predicted octanol–water partition coefficient (Wildman–Crippen LogP) is 1.31. The summed E-state index contributed by atoms with van der Waals surface area (Å²) in [5, 5.41) is 3.06. The average Bonchev–Trinajstić information content (AvgIpc) is 2.71. The van der Waals surface area contributed by atoms with Crippen LogP contribution in [0.3, 0.4) is 0 Å². The summed E-state index contributed by atoms with van der Waals surface area (Å²) in [4.78, 5) is 28.9. The van der Waals surface area contributed by atoms with Crippen LogP contribution < -0.4 is 5.32 Å². The zero-order valence-corrected chi connectivity index (χ0v) is 16.1. The fourth-order valence-electron chi connectivity index (χ4n) is 3.77. The molecule has 0 spiro atoms. The van der Waals surface area contributed by atoms with Crippen molar-refractivity contribution in [1.82, 2.24) is 15.1 Å². The van der Waals surface area contributed by atoms with Gasteiger partial charge in [-0.15, -0.1) is 0 Å². The molecule has 2 aliphatic heterocycles. The van der Waals surface area contributed by atoms with Gasteiger partial charge in [-0.2, -0.15) is 0 Å². The Morgan fingerprint density at radius 2 is 1.93 bits per heavy atom. The molecule has 2 amide bonds. The maximum atomic E-state index is 12.5. The highest BCUT2D eigenvalue weighted by Gasteiger charge is 2.29. The number of hydrogen-bond acceptors (Lipinski definition) is 4. The molecule has 0 bridgehead atoms.